The number of hydrogen-bond donors (Lipinski definition) is 1. The second-order valence-corrected chi connectivity index (χ2v) is 12.1. The van der Waals surface area contributed by atoms with Gasteiger partial charge in [0.1, 0.15) is 0 Å². The minimum atomic E-state index is -3.48. The predicted octanol–water partition coefficient (Wildman–Crippen LogP) is 1.97. The van der Waals surface area contributed by atoms with Crippen molar-refractivity contribution in [3.63, 3.8) is 0 Å². The summed E-state index contributed by atoms with van der Waals surface area (Å²) in [5, 5.41) is 2.82. The van der Waals surface area contributed by atoms with E-state index in [1.807, 2.05) is 0 Å². The van der Waals surface area contributed by atoms with Gasteiger partial charge in [-0.3, -0.25) is 4.79 Å². The number of benzene rings is 2. The number of carbonyl (C=O) groups excluding carboxylic acids is 1. The lowest BCUT2D eigenvalue weighted by Crippen LogP contribution is -2.27. The summed E-state index contributed by atoms with van der Waals surface area (Å²) in [6.07, 6.45) is 2.55. The van der Waals surface area contributed by atoms with Crippen LogP contribution in [0.4, 0.5) is 0 Å². The summed E-state index contributed by atoms with van der Waals surface area (Å²) in [5.41, 5.74) is 1.69. The molecule has 2 aromatic carbocycles. The molecule has 1 N–H and O–H groups in total. The van der Waals surface area contributed by atoms with Crippen molar-refractivity contribution in [1.29, 1.82) is 0 Å². The zero-order valence-electron chi connectivity index (χ0n) is 18.3. The van der Waals surface area contributed by atoms with Crippen molar-refractivity contribution < 1.29 is 21.6 Å². The Morgan fingerprint density at radius 3 is 1.97 bits per heavy atom. The van der Waals surface area contributed by atoms with Gasteiger partial charge in [-0.1, -0.05) is 24.3 Å². The van der Waals surface area contributed by atoms with Crippen LogP contribution >= 0.6 is 0 Å². The molecule has 1 fully saturated rings. The van der Waals surface area contributed by atoms with Crippen LogP contribution in [0.25, 0.3) is 0 Å². The molecule has 0 bridgehead atoms. The zero-order valence-corrected chi connectivity index (χ0v) is 20.0. The second-order valence-electron chi connectivity index (χ2n) is 7.96. The Hall–Kier alpha value is -2.27. The molecule has 1 aliphatic heterocycles. The summed E-state index contributed by atoms with van der Waals surface area (Å²) < 4.78 is 52.0. The molecule has 0 atom stereocenters. The van der Waals surface area contributed by atoms with E-state index in [2.05, 4.69) is 5.32 Å². The molecule has 0 saturated carbocycles. The summed E-state index contributed by atoms with van der Waals surface area (Å²) in [6.45, 7) is 1.44. The van der Waals surface area contributed by atoms with Gasteiger partial charge >= 0.3 is 0 Å². The first-order chi connectivity index (χ1) is 15.1. The number of hydrogen-bond acceptors (Lipinski definition) is 5. The molecule has 10 heteroatoms. The maximum absolute atomic E-state index is 12.6. The molecule has 8 nitrogen and oxygen atoms in total. The molecular weight excluding hydrogens is 450 g/mol. The molecule has 1 heterocycles. The van der Waals surface area contributed by atoms with Gasteiger partial charge in [-0.2, -0.15) is 4.31 Å². The van der Waals surface area contributed by atoms with Gasteiger partial charge in [-0.05, 0) is 54.7 Å². The van der Waals surface area contributed by atoms with Gasteiger partial charge < -0.3 is 5.32 Å². The highest BCUT2D eigenvalue weighted by Gasteiger charge is 2.26. The SMILES string of the molecule is CN(C)S(=O)(=O)c1ccc(CNC(=O)CCc2ccc(S(=O)(=O)N3CCCC3)cc2)cc1. The van der Waals surface area contributed by atoms with E-state index in [0.717, 1.165) is 28.3 Å². The lowest BCUT2D eigenvalue weighted by Gasteiger charge is -2.15. The van der Waals surface area contributed by atoms with Crippen LogP contribution in [-0.2, 0) is 37.8 Å². The van der Waals surface area contributed by atoms with Crippen LogP contribution in [0.3, 0.4) is 0 Å². The molecule has 32 heavy (non-hydrogen) atoms. The quantitative estimate of drug-likeness (QED) is 0.592. The van der Waals surface area contributed by atoms with Crippen molar-refractivity contribution in [1.82, 2.24) is 13.9 Å². The van der Waals surface area contributed by atoms with Crippen LogP contribution in [-0.4, -0.2) is 58.5 Å². The Kier molecular flexibility index (Phi) is 7.71. The number of nitrogens with zero attached hydrogens (tertiary/aromatic N) is 2. The molecule has 1 aliphatic rings. The van der Waals surface area contributed by atoms with Gasteiger partial charge in [0.15, 0.2) is 0 Å². The van der Waals surface area contributed by atoms with Gasteiger partial charge in [0, 0.05) is 40.2 Å². The minimum Gasteiger partial charge on any atom is -0.352 e. The topological polar surface area (TPSA) is 104 Å². The van der Waals surface area contributed by atoms with E-state index in [1.165, 1.54) is 30.5 Å². The van der Waals surface area contributed by atoms with E-state index in [-0.39, 0.29) is 22.1 Å². The molecule has 1 saturated heterocycles. The Bertz CT molecular complexity index is 1140. The van der Waals surface area contributed by atoms with Crippen molar-refractivity contribution >= 4 is 26.0 Å². The van der Waals surface area contributed by atoms with Crippen molar-refractivity contribution in [3.05, 3.63) is 59.7 Å². The fourth-order valence-corrected chi connectivity index (χ4v) is 5.86. The van der Waals surface area contributed by atoms with Crippen molar-refractivity contribution in [3.8, 4) is 0 Å². The molecule has 0 unspecified atom stereocenters. The maximum Gasteiger partial charge on any atom is 0.243 e. The van der Waals surface area contributed by atoms with Crippen LogP contribution in [0.5, 0.6) is 0 Å². The van der Waals surface area contributed by atoms with E-state index in [9.17, 15) is 21.6 Å². The Morgan fingerprint density at radius 1 is 0.875 bits per heavy atom. The number of rotatable bonds is 9. The number of aryl methyl sites for hydroxylation is 1. The average molecular weight is 480 g/mol. The summed E-state index contributed by atoms with van der Waals surface area (Å²) >= 11 is 0. The van der Waals surface area contributed by atoms with Crippen molar-refractivity contribution in [2.45, 2.75) is 42.0 Å². The molecular formula is C22H29N3O5S2. The first-order valence-corrected chi connectivity index (χ1v) is 13.4. The van der Waals surface area contributed by atoms with E-state index < -0.39 is 20.0 Å². The van der Waals surface area contributed by atoms with Crippen LogP contribution in [0.1, 0.15) is 30.4 Å². The summed E-state index contributed by atoms with van der Waals surface area (Å²) in [6, 6.07) is 13.1. The molecule has 0 radical (unpaired) electrons. The number of nitrogens with one attached hydrogen (secondary N) is 1. The highest BCUT2D eigenvalue weighted by atomic mass is 32.2. The van der Waals surface area contributed by atoms with Gasteiger partial charge in [0.05, 0.1) is 9.79 Å². The van der Waals surface area contributed by atoms with E-state index >= 15 is 0 Å². The zero-order chi connectivity index (χ0) is 23.4. The van der Waals surface area contributed by atoms with Crippen LogP contribution in [0, 0.1) is 0 Å². The Labute approximate surface area is 190 Å². The molecule has 0 aromatic heterocycles. The third-order valence-corrected chi connectivity index (χ3v) is 9.20. The largest absolute Gasteiger partial charge is 0.352 e. The lowest BCUT2D eigenvalue weighted by atomic mass is 10.1. The average Bonchev–Trinajstić information content (AvgIpc) is 3.33. The summed E-state index contributed by atoms with van der Waals surface area (Å²) in [4.78, 5) is 12.7. The van der Waals surface area contributed by atoms with E-state index in [0.29, 0.717) is 26.1 Å². The first kappa shape index (κ1) is 24.4. The highest BCUT2D eigenvalue weighted by molar-refractivity contribution is 7.89. The third-order valence-electron chi connectivity index (χ3n) is 5.46. The van der Waals surface area contributed by atoms with Crippen molar-refractivity contribution in [2.24, 2.45) is 0 Å². The lowest BCUT2D eigenvalue weighted by molar-refractivity contribution is -0.121. The van der Waals surface area contributed by atoms with Gasteiger partial charge in [0.2, 0.25) is 26.0 Å². The molecule has 0 aliphatic carbocycles. The predicted molar refractivity (Wildman–Crippen MR) is 122 cm³/mol. The molecule has 2 aromatic rings. The van der Waals surface area contributed by atoms with Crippen LogP contribution < -0.4 is 5.32 Å². The van der Waals surface area contributed by atoms with Crippen LogP contribution in [0.15, 0.2) is 58.3 Å². The Balaban J connectivity index is 1.49. The minimum absolute atomic E-state index is 0.135. The van der Waals surface area contributed by atoms with Gasteiger partial charge in [-0.25, -0.2) is 21.1 Å². The fraction of sp³-hybridized carbons (Fsp3) is 0.409. The van der Waals surface area contributed by atoms with Crippen molar-refractivity contribution in [2.75, 3.05) is 27.2 Å². The molecule has 1 amide bonds. The molecule has 174 valence electrons. The van der Waals surface area contributed by atoms with E-state index in [4.69, 9.17) is 0 Å². The number of carbonyl (C=O) groups is 1. The Morgan fingerprint density at radius 2 is 1.41 bits per heavy atom. The normalized spacial score (nSPS) is 15.2. The molecule has 3 rings (SSSR count). The first-order valence-electron chi connectivity index (χ1n) is 10.5. The fourth-order valence-electron chi connectivity index (χ4n) is 3.44. The standard InChI is InChI=1S/C22H29N3O5S2/c1-24(2)31(27,28)20-12-7-19(8-13-20)17-23-22(26)14-9-18-5-10-21(11-6-18)32(29,30)25-15-3-4-16-25/h5-8,10-13H,3-4,9,14-17H2,1-2H3,(H,23,26). The second kappa shape index (κ2) is 10.1. The number of amides is 1. The summed E-state index contributed by atoms with van der Waals surface area (Å²) in [5.74, 6) is -0.135. The molecule has 0 spiro atoms. The monoisotopic (exact) mass is 479 g/mol. The highest BCUT2D eigenvalue weighted by Crippen LogP contribution is 2.21. The maximum atomic E-state index is 12.6. The summed E-state index contributed by atoms with van der Waals surface area (Å²) in [7, 11) is -3.95. The smallest absolute Gasteiger partial charge is 0.243 e. The van der Waals surface area contributed by atoms with E-state index in [1.54, 1.807) is 36.4 Å². The third kappa shape index (κ3) is 5.74. The van der Waals surface area contributed by atoms with Crippen LogP contribution in [0.2, 0.25) is 0 Å². The number of sulfonamides is 2. The van der Waals surface area contributed by atoms with Gasteiger partial charge in [-0.15, -0.1) is 0 Å². The van der Waals surface area contributed by atoms with Gasteiger partial charge in [0.25, 0.3) is 0 Å².